The molecule has 0 spiro atoms. The molecule has 2 amide bonds. The van der Waals surface area contributed by atoms with Crippen molar-refractivity contribution in [3.63, 3.8) is 0 Å². The molecule has 4 rings (SSSR count). The van der Waals surface area contributed by atoms with Crippen LogP contribution in [-0.4, -0.2) is 51.8 Å². The van der Waals surface area contributed by atoms with Crippen molar-refractivity contribution in [1.29, 1.82) is 0 Å². The molecule has 6 nitrogen and oxygen atoms in total. The van der Waals surface area contributed by atoms with Crippen molar-refractivity contribution in [2.24, 2.45) is 0 Å². The van der Waals surface area contributed by atoms with E-state index in [0.29, 0.717) is 30.6 Å². The quantitative estimate of drug-likeness (QED) is 0.834. The second-order valence-electron chi connectivity index (χ2n) is 7.67. The van der Waals surface area contributed by atoms with E-state index in [2.05, 4.69) is 11.6 Å². The number of carbonyl (C=O) groups is 2. The normalized spacial score (nSPS) is 22.0. The van der Waals surface area contributed by atoms with Gasteiger partial charge >= 0.3 is 0 Å². The predicted octanol–water partition coefficient (Wildman–Crippen LogP) is 2.70. The first-order valence-electron chi connectivity index (χ1n) is 9.92. The van der Waals surface area contributed by atoms with E-state index < -0.39 is 0 Å². The van der Waals surface area contributed by atoms with Crippen molar-refractivity contribution >= 4 is 22.6 Å². The summed E-state index contributed by atoms with van der Waals surface area (Å²) in [6.07, 6.45) is 5.70. The van der Waals surface area contributed by atoms with E-state index in [-0.39, 0.29) is 29.5 Å². The van der Waals surface area contributed by atoms with Crippen molar-refractivity contribution in [3.8, 4) is 0 Å². The fraction of sp³-hybridized carbons (Fsp3) is 0.409. The van der Waals surface area contributed by atoms with Crippen LogP contribution in [0.4, 0.5) is 0 Å². The third-order valence-corrected chi connectivity index (χ3v) is 5.90. The van der Waals surface area contributed by atoms with E-state index in [1.54, 1.807) is 23.1 Å². The molecule has 146 valence electrons. The number of H-pyrrole nitrogens is 1. The third-order valence-electron chi connectivity index (χ3n) is 5.90. The Balaban J connectivity index is 1.61. The van der Waals surface area contributed by atoms with Gasteiger partial charge in [0.15, 0.2) is 0 Å². The lowest BCUT2D eigenvalue weighted by Gasteiger charge is -2.40. The summed E-state index contributed by atoms with van der Waals surface area (Å²) in [5, 5.41) is 1.33. The van der Waals surface area contributed by atoms with E-state index >= 15 is 0 Å². The highest BCUT2D eigenvalue weighted by Crippen LogP contribution is 2.30. The molecule has 6 heteroatoms. The number of nitrogens with one attached hydrogen (secondary N) is 1. The molecule has 2 unspecified atom stereocenters. The van der Waals surface area contributed by atoms with Gasteiger partial charge in [-0.15, -0.1) is 6.58 Å². The molecule has 2 aromatic rings. The van der Waals surface area contributed by atoms with Crippen LogP contribution in [-0.2, 0) is 4.79 Å². The molecular formula is C22H25N3O3. The largest absolute Gasteiger partial charge is 0.335 e. The van der Waals surface area contributed by atoms with Gasteiger partial charge in [0, 0.05) is 37.0 Å². The van der Waals surface area contributed by atoms with E-state index in [1.807, 2.05) is 23.1 Å². The van der Waals surface area contributed by atoms with Crippen LogP contribution in [0.15, 0.2) is 47.8 Å². The van der Waals surface area contributed by atoms with Gasteiger partial charge < -0.3 is 14.8 Å². The maximum absolute atomic E-state index is 13.2. The molecule has 1 N–H and O–H groups in total. The van der Waals surface area contributed by atoms with Gasteiger partial charge in [-0.2, -0.15) is 0 Å². The Bertz CT molecular complexity index is 980. The van der Waals surface area contributed by atoms with E-state index in [9.17, 15) is 14.4 Å². The Morgan fingerprint density at radius 1 is 1.18 bits per heavy atom. The minimum Gasteiger partial charge on any atom is -0.335 e. The SMILES string of the molecule is C=CCC(=O)N1C2CCCC1CN(C(=O)c1cc3ccccc3c(=O)[nH]1)CC2. The number of amides is 2. The number of hydrogen-bond acceptors (Lipinski definition) is 3. The molecule has 2 fully saturated rings. The Kier molecular flexibility index (Phi) is 5.03. The summed E-state index contributed by atoms with van der Waals surface area (Å²) < 4.78 is 0. The number of carbonyl (C=O) groups excluding carboxylic acids is 2. The minimum atomic E-state index is -0.252. The van der Waals surface area contributed by atoms with Gasteiger partial charge in [0.05, 0.1) is 0 Å². The lowest BCUT2D eigenvalue weighted by molar-refractivity contribution is -0.136. The molecule has 0 saturated carbocycles. The predicted molar refractivity (Wildman–Crippen MR) is 108 cm³/mol. The molecule has 2 bridgehead atoms. The molecule has 2 aliphatic heterocycles. The van der Waals surface area contributed by atoms with Crippen molar-refractivity contribution in [1.82, 2.24) is 14.8 Å². The molecule has 28 heavy (non-hydrogen) atoms. The highest BCUT2D eigenvalue weighted by atomic mass is 16.2. The molecule has 1 aromatic carbocycles. The Morgan fingerprint density at radius 2 is 1.96 bits per heavy atom. The minimum absolute atomic E-state index is 0.0322. The monoisotopic (exact) mass is 379 g/mol. The van der Waals surface area contributed by atoms with Gasteiger partial charge in [-0.05, 0) is 43.2 Å². The van der Waals surface area contributed by atoms with Crippen LogP contribution >= 0.6 is 0 Å². The Hall–Kier alpha value is -2.89. The van der Waals surface area contributed by atoms with Gasteiger partial charge in [-0.25, -0.2) is 0 Å². The zero-order valence-electron chi connectivity index (χ0n) is 15.9. The molecule has 2 aliphatic rings. The van der Waals surface area contributed by atoms with Gasteiger partial charge in [-0.1, -0.05) is 24.3 Å². The molecule has 1 aromatic heterocycles. The van der Waals surface area contributed by atoms with Crippen LogP contribution in [0, 0.1) is 0 Å². The standard InChI is InChI=1S/C22H25N3O3/c1-2-6-20(26)25-16-8-5-9-17(25)14-24(12-11-16)22(28)19-13-15-7-3-4-10-18(15)21(27)23-19/h2-4,7,10,13,16-17H,1,5-6,8-9,11-12,14H2,(H,23,27). The smallest absolute Gasteiger partial charge is 0.270 e. The number of benzene rings is 1. The molecular weight excluding hydrogens is 354 g/mol. The van der Waals surface area contributed by atoms with Crippen LogP contribution in [0.3, 0.4) is 0 Å². The number of rotatable bonds is 3. The van der Waals surface area contributed by atoms with Crippen LogP contribution in [0.25, 0.3) is 10.8 Å². The third kappa shape index (κ3) is 3.35. The van der Waals surface area contributed by atoms with Gasteiger partial charge in [-0.3, -0.25) is 14.4 Å². The lowest BCUT2D eigenvalue weighted by atomic mass is 9.94. The number of nitrogens with zero attached hydrogens (tertiary/aromatic N) is 2. The molecule has 2 atom stereocenters. The maximum atomic E-state index is 13.2. The second-order valence-corrected chi connectivity index (χ2v) is 7.67. The molecule has 3 heterocycles. The highest BCUT2D eigenvalue weighted by Gasteiger charge is 2.38. The number of aromatic nitrogens is 1. The molecule has 2 saturated heterocycles. The van der Waals surface area contributed by atoms with E-state index in [0.717, 1.165) is 31.1 Å². The van der Waals surface area contributed by atoms with Gasteiger partial charge in [0.1, 0.15) is 5.69 Å². The second kappa shape index (κ2) is 7.62. The fourth-order valence-electron chi connectivity index (χ4n) is 4.60. The van der Waals surface area contributed by atoms with E-state index in [1.165, 1.54) is 0 Å². The lowest BCUT2D eigenvalue weighted by Crippen LogP contribution is -2.51. The summed E-state index contributed by atoms with van der Waals surface area (Å²) in [5.41, 5.74) is 0.0573. The molecule has 0 aliphatic carbocycles. The summed E-state index contributed by atoms with van der Waals surface area (Å²) in [5.74, 6) is -0.0790. The number of pyridine rings is 1. The van der Waals surface area contributed by atoms with Crippen molar-refractivity contribution in [2.75, 3.05) is 13.1 Å². The average molecular weight is 379 g/mol. The van der Waals surface area contributed by atoms with Crippen LogP contribution in [0.5, 0.6) is 0 Å². The zero-order valence-corrected chi connectivity index (χ0v) is 15.9. The summed E-state index contributed by atoms with van der Waals surface area (Å²) in [6, 6.07) is 9.21. The van der Waals surface area contributed by atoms with Gasteiger partial charge in [0.2, 0.25) is 5.91 Å². The van der Waals surface area contributed by atoms with Gasteiger partial charge in [0.25, 0.3) is 11.5 Å². The first-order valence-corrected chi connectivity index (χ1v) is 9.92. The number of fused-ring (bicyclic) bond motifs is 3. The molecule has 0 radical (unpaired) electrons. The maximum Gasteiger partial charge on any atom is 0.270 e. The summed E-state index contributed by atoms with van der Waals surface area (Å²) in [4.78, 5) is 44.7. The summed E-state index contributed by atoms with van der Waals surface area (Å²) in [6.45, 7) is 4.78. The van der Waals surface area contributed by atoms with Crippen LogP contribution in [0.2, 0.25) is 0 Å². The van der Waals surface area contributed by atoms with Crippen LogP contribution in [0.1, 0.15) is 42.6 Å². The van der Waals surface area contributed by atoms with Crippen molar-refractivity contribution in [3.05, 3.63) is 59.0 Å². The Morgan fingerprint density at radius 3 is 2.79 bits per heavy atom. The number of piperidine rings is 1. The summed E-state index contributed by atoms with van der Waals surface area (Å²) >= 11 is 0. The first-order chi connectivity index (χ1) is 13.6. The Labute approximate surface area is 163 Å². The highest BCUT2D eigenvalue weighted by molar-refractivity contribution is 5.96. The average Bonchev–Trinajstić information content (AvgIpc) is 2.80. The van der Waals surface area contributed by atoms with Crippen LogP contribution < -0.4 is 5.56 Å². The number of hydrogen-bond donors (Lipinski definition) is 1. The number of aromatic amines is 1. The first kappa shape index (κ1) is 18.5. The fourth-order valence-corrected chi connectivity index (χ4v) is 4.60. The summed E-state index contributed by atoms with van der Waals surface area (Å²) in [7, 11) is 0. The van der Waals surface area contributed by atoms with E-state index in [4.69, 9.17) is 0 Å². The van der Waals surface area contributed by atoms with Crippen molar-refractivity contribution in [2.45, 2.75) is 44.2 Å². The topological polar surface area (TPSA) is 73.5 Å². The zero-order chi connectivity index (χ0) is 19.7. The van der Waals surface area contributed by atoms with Crippen molar-refractivity contribution < 1.29 is 9.59 Å².